The van der Waals surface area contributed by atoms with E-state index in [-0.39, 0.29) is 12.5 Å². The van der Waals surface area contributed by atoms with Crippen molar-refractivity contribution in [2.75, 3.05) is 26.1 Å². The summed E-state index contributed by atoms with van der Waals surface area (Å²) >= 11 is 18.2. The van der Waals surface area contributed by atoms with Gasteiger partial charge in [0.1, 0.15) is 10.9 Å². The maximum absolute atomic E-state index is 12.8. The van der Waals surface area contributed by atoms with Gasteiger partial charge in [-0.05, 0) is 42.0 Å². The minimum atomic E-state index is -0.406. The highest BCUT2D eigenvalue weighted by Gasteiger charge is 2.33. The van der Waals surface area contributed by atoms with E-state index in [1.807, 2.05) is 0 Å². The molecule has 1 aliphatic rings. The van der Waals surface area contributed by atoms with Crippen LogP contribution in [0.3, 0.4) is 0 Å². The Morgan fingerprint density at radius 3 is 2.53 bits per heavy atom. The van der Waals surface area contributed by atoms with E-state index in [0.29, 0.717) is 36.5 Å². The highest BCUT2D eigenvalue weighted by atomic mass is 35.5. The van der Waals surface area contributed by atoms with Crippen molar-refractivity contribution in [1.82, 2.24) is 4.90 Å². The van der Waals surface area contributed by atoms with Crippen LogP contribution < -0.4 is 14.8 Å². The van der Waals surface area contributed by atoms with E-state index >= 15 is 0 Å². The molecular formula is C20H16Cl2N2O4S2. The first-order chi connectivity index (χ1) is 14.3. The smallest absolute Gasteiger partial charge is 0.266 e. The Morgan fingerprint density at radius 2 is 1.87 bits per heavy atom. The molecule has 0 atom stereocenters. The average molecular weight is 483 g/mol. The summed E-state index contributed by atoms with van der Waals surface area (Å²) < 4.78 is 10.8. The van der Waals surface area contributed by atoms with E-state index in [1.54, 1.807) is 43.5 Å². The Bertz CT molecular complexity index is 1060. The standard InChI is InChI=1S/C20H16Cl2N2O4S2/c1-27-15-6-3-11(7-16(15)28-2)8-17-19(26)24(20(29)30-17)10-18(25)23-12-4-5-13(21)14(22)9-12/h3-9H,10H2,1-2H3,(H,23,25)/b17-8-. The number of carbonyl (C=O) groups is 2. The minimum absolute atomic E-state index is 0.214. The molecule has 0 radical (unpaired) electrons. The van der Waals surface area contributed by atoms with Crippen molar-refractivity contribution >= 4 is 75.1 Å². The number of hydrogen-bond donors (Lipinski definition) is 1. The van der Waals surface area contributed by atoms with Crippen molar-refractivity contribution in [3.8, 4) is 11.5 Å². The second-order valence-corrected chi connectivity index (χ2v) is 8.55. The lowest BCUT2D eigenvalue weighted by Gasteiger charge is -2.14. The van der Waals surface area contributed by atoms with E-state index in [2.05, 4.69) is 5.32 Å². The molecule has 30 heavy (non-hydrogen) atoms. The summed E-state index contributed by atoms with van der Waals surface area (Å²) in [6.45, 7) is -0.214. The number of thiocarbonyl (C=S) groups is 1. The first-order valence-corrected chi connectivity index (χ1v) is 10.5. The molecule has 156 valence electrons. The second kappa shape index (κ2) is 9.70. The van der Waals surface area contributed by atoms with Crippen LogP contribution in [0.4, 0.5) is 5.69 Å². The summed E-state index contributed by atoms with van der Waals surface area (Å²) in [5.74, 6) is 0.380. The lowest BCUT2D eigenvalue weighted by atomic mass is 10.2. The fourth-order valence-electron chi connectivity index (χ4n) is 2.65. The highest BCUT2D eigenvalue weighted by Crippen LogP contribution is 2.34. The Balaban J connectivity index is 1.72. The van der Waals surface area contributed by atoms with Crippen LogP contribution in [0.2, 0.25) is 10.0 Å². The average Bonchev–Trinajstić information content (AvgIpc) is 2.98. The zero-order valence-electron chi connectivity index (χ0n) is 15.9. The topological polar surface area (TPSA) is 67.9 Å². The van der Waals surface area contributed by atoms with Crippen LogP contribution in [0.1, 0.15) is 5.56 Å². The Hall–Kier alpha value is -2.26. The van der Waals surface area contributed by atoms with Gasteiger partial charge >= 0.3 is 0 Å². The number of nitrogens with zero attached hydrogens (tertiary/aromatic N) is 1. The molecule has 10 heteroatoms. The first kappa shape index (κ1) is 22.4. The number of halogens is 2. The SMILES string of the molecule is COc1ccc(/C=C2\SC(=S)N(CC(=O)Nc3ccc(Cl)c(Cl)c3)C2=O)cc1OC. The predicted octanol–water partition coefficient (Wildman–Crippen LogP) is 4.85. The van der Waals surface area contributed by atoms with Gasteiger partial charge in [0.2, 0.25) is 5.91 Å². The summed E-state index contributed by atoms with van der Waals surface area (Å²) in [4.78, 5) is 26.8. The largest absolute Gasteiger partial charge is 0.493 e. The molecule has 1 fully saturated rings. The molecule has 0 aromatic heterocycles. The number of amides is 2. The number of thioether (sulfide) groups is 1. The third kappa shape index (κ3) is 5.07. The fraction of sp³-hybridized carbons (Fsp3) is 0.150. The summed E-state index contributed by atoms with van der Waals surface area (Å²) in [7, 11) is 3.08. The fourth-order valence-corrected chi connectivity index (χ4v) is 4.20. The van der Waals surface area contributed by atoms with Crippen molar-refractivity contribution in [2.24, 2.45) is 0 Å². The second-order valence-electron chi connectivity index (χ2n) is 6.06. The molecule has 3 rings (SSSR count). The maximum Gasteiger partial charge on any atom is 0.266 e. The molecule has 0 spiro atoms. The molecule has 6 nitrogen and oxygen atoms in total. The Morgan fingerprint density at radius 1 is 1.13 bits per heavy atom. The van der Waals surface area contributed by atoms with Crippen LogP contribution in [0.25, 0.3) is 6.08 Å². The van der Waals surface area contributed by atoms with Gasteiger partial charge in [0.05, 0.1) is 29.2 Å². The van der Waals surface area contributed by atoms with Crippen molar-refractivity contribution in [1.29, 1.82) is 0 Å². The third-order valence-electron chi connectivity index (χ3n) is 4.08. The molecule has 1 N–H and O–H groups in total. The van der Waals surface area contributed by atoms with E-state index < -0.39 is 5.91 Å². The lowest BCUT2D eigenvalue weighted by molar-refractivity contribution is -0.126. The molecule has 2 aromatic rings. The monoisotopic (exact) mass is 482 g/mol. The van der Waals surface area contributed by atoms with Crippen molar-refractivity contribution in [3.63, 3.8) is 0 Å². The summed E-state index contributed by atoms with van der Waals surface area (Å²) in [5.41, 5.74) is 1.22. The number of hydrogen-bond acceptors (Lipinski definition) is 6. The van der Waals surface area contributed by atoms with Gasteiger partial charge in [0.25, 0.3) is 5.91 Å². The van der Waals surface area contributed by atoms with Crippen molar-refractivity contribution < 1.29 is 19.1 Å². The van der Waals surface area contributed by atoms with E-state index in [4.69, 9.17) is 44.9 Å². The van der Waals surface area contributed by atoms with Crippen molar-refractivity contribution in [3.05, 3.63) is 56.9 Å². The van der Waals surface area contributed by atoms with Gasteiger partial charge in [-0.3, -0.25) is 14.5 Å². The predicted molar refractivity (Wildman–Crippen MR) is 125 cm³/mol. The number of ether oxygens (including phenoxy) is 2. The Kier molecular flexibility index (Phi) is 7.25. The summed E-state index contributed by atoms with van der Waals surface area (Å²) in [6.07, 6.45) is 1.69. The zero-order valence-corrected chi connectivity index (χ0v) is 19.0. The van der Waals surface area contributed by atoms with Crippen LogP contribution in [-0.4, -0.2) is 41.8 Å². The molecular weight excluding hydrogens is 467 g/mol. The third-order valence-corrected chi connectivity index (χ3v) is 6.20. The summed E-state index contributed by atoms with van der Waals surface area (Å²) in [6, 6.07) is 10.0. The zero-order chi connectivity index (χ0) is 21.8. The number of benzene rings is 2. The minimum Gasteiger partial charge on any atom is -0.493 e. The number of methoxy groups -OCH3 is 2. The van der Waals surface area contributed by atoms with Gasteiger partial charge in [-0.15, -0.1) is 0 Å². The van der Waals surface area contributed by atoms with Crippen LogP contribution in [0.15, 0.2) is 41.3 Å². The molecule has 2 aromatic carbocycles. The number of rotatable bonds is 6. The molecule has 1 heterocycles. The van der Waals surface area contributed by atoms with Crippen molar-refractivity contribution in [2.45, 2.75) is 0 Å². The molecule has 0 saturated carbocycles. The quantitative estimate of drug-likeness (QED) is 0.468. The number of carbonyl (C=O) groups excluding carboxylic acids is 2. The van der Waals surface area contributed by atoms with Crippen LogP contribution in [0.5, 0.6) is 11.5 Å². The first-order valence-electron chi connectivity index (χ1n) is 8.54. The molecule has 1 saturated heterocycles. The lowest BCUT2D eigenvalue weighted by Crippen LogP contribution is -2.36. The van der Waals surface area contributed by atoms with Crippen LogP contribution in [0, 0.1) is 0 Å². The molecule has 2 amide bonds. The maximum atomic E-state index is 12.8. The van der Waals surface area contributed by atoms with Crippen LogP contribution >= 0.6 is 47.2 Å². The molecule has 0 bridgehead atoms. The van der Waals surface area contributed by atoms with Crippen LogP contribution in [-0.2, 0) is 9.59 Å². The number of nitrogens with one attached hydrogen (secondary N) is 1. The molecule has 1 aliphatic heterocycles. The van der Waals surface area contributed by atoms with Gasteiger partial charge in [-0.25, -0.2) is 0 Å². The normalized spacial score (nSPS) is 14.9. The number of anilines is 1. The molecule has 0 aliphatic carbocycles. The van der Waals surface area contributed by atoms with E-state index in [1.165, 1.54) is 18.1 Å². The Labute approximate surface area is 193 Å². The van der Waals surface area contributed by atoms with Gasteiger partial charge in [-0.1, -0.05) is 53.2 Å². The highest BCUT2D eigenvalue weighted by molar-refractivity contribution is 8.26. The van der Waals surface area contributed by atoms with Gasteiger partial charge < -0.3 is 14.8 Å². The van der Waals surface area contributed by atoms with E-state index in [0.717, 1.165) is 17.3 Å². The van der Waals surface area contributed by atoms with Gasteiger partial charge in [0, 0.05) is 5.69 Å². The summed E-state index contributed by atoms with van der Waals surface area (Å²) in [5, 5.41) is 3.37. The molecule has 0 unspecified atom stereocenters. The van der Waals surface area contributed by atoms with E-state index in [9.17, 15) is 9.59 Å². The van der Waals surface area contributed by atoms with Gasteiger partial charge in [-0.2, -0.15) is 0 Å². The van der Waals surface area contributed by atoms with Gasteiger partial charge in [0.15, 0.2) is 11.5 Å².